The van der Waals surface area contributed by atoms with Gasteiger partial charge in [-0.3, -0.25) is 4.79 Å². The average molecular weight is 252 g/mol. The fourth-order valence-electron chi connectivity index (χ4n) is 1.79. The molecule has 0 spiro atoms. The molecule has 6 nitrogen and oxygen atoms in total. The maximum atomic E-state index is 11.8. The van der Waals surface area contributed by atoms with Crippen molar-refractivity contribution >= 4 is 5.91 Å². The van der Waals surface area contributed by atoms with Gasteiger partial charge in [0.1, 0.15) is 11.5 Å². The number of rotatable bonds is 3. The predicted molar refractivity (Wildman–Crippen MR) is 64.7 cm³/mol. The third-order valence-corrected chi connectivity index (χ3v) is 2.66. The lowest BCUT2D eigenvalue weighted by molar-refractivity contribution is 0.0287. The van der Waals surface area contributed by atoms with Crippen molar-refractivity contribution in [3.05, 3.63) is 23.8 Å². The molecular formula is C12H16N2O4. The summed E-state index contributed by atoms with van der Waals surface area (Å²) in [6.07, 6.45) is -0.0476. The van der Waals surface area contributed by atoms with Crippen LogP contribution in [0.1, 0.15) is 10.4 Å². The van der Waals surface area contributed by atoms with Crippen molar-refractivity contribution in [2.75, 3.05) is 26.2 Å². The minimum absolute atomic E-state index is 0.0476. The standard InChI is InChI=1S/C12H16N2O4/c15-9-3-8(4-10(16)5-9)12(17)14-7-11-6-13-1-2-18-11/h3-5,11,13,15-16H,1-2,6-7H2,(H,14,17). The van der Waals surface area contributed by atoms with Crippen LogP contribution in [0.5, 0.6) is 11.5 Å². The number of phenolic OH excluding ortho intramolecular Hbond substituents is 2. The summed E-state index contributed by atoms with van der Waals surface area (Å²) < 4.78 is 5.44. The van der Waals surface area contributed by atoms with Crippen molar-refractivity contribution < 1.29 is 19.7 Å². The van der Waals surface area contributed by atoms with Gasteiger partial charge in [0.25, 0.3) is 5.91 Å². The molecule has 6 heteroatoms. The van der Waals surface area contributed by atoms with Gasteiger partial charge in [0.15, 0.2) is 0 Å². The molecule has 98 valence electrons. The van der Waals surface area contributed by atoms with Gasteiger partial charge in [0, 0.05) is 31.3 Å². The molecule has 0 aromatic heterocycles. The molecule has 0 bridgehead atoms. The highest BCUT2D eigenvalue weighted by Gasteiger charge is 2.15. The lowest BCUT2D eigenvalue weighted by Crippen LogP contribution is -2.45. The highest BCUT2D eigenvalue weighted by atomic mass is 16.5. The van der Waals surface area contributed by atoms with Crippen LogP contribution in [0.4, 0.5) is 0 Å². The maximum absolute atomic E-state index is 11.8. The number of hydrogen-bond acceptors (Lipinski definition) is 5. The fourth-order valence-corrected chi connectivity index (χ4v) is 1.79. The van der Waals surface area contributed by atoms with E-state index in [1.807, 2.05) is 0 Å². The SMILES string of the molecule is O=C(NCC1CNCCO1)c1cc(O)cc(O)c1. The number of carbonyl (C=O) groups excluding carboxylic acids is 1. The van der Waals surface area contributed by atoms with Crippen molar-refractivity contribution in [2.45, 2.75) is 6.10 Å². The number of nitrogens with one attached hydrogen (secondary N) is 2. The number of morpholine rings is 1. The van der Waals surface area contributed by atoms with E-state index in [0.29, 0.717) is 19.7 Å². The molecule has 1 heterocycles. The summed E-state index contributed by atoms with van der Waals surface area (Å²) in [6, 6.07) is 3.77. The molecule has 1 aromatic carbocycles. The van der Waals surface area contributed by atoms with Gasteiger partial charge >= 0.3 is 0 Å². The summed E-state index contributed by atoms with van der Waals surface area (Å²) in [5.41, 5.74) is 0.219. The van der Waals surface area contributed by atoms with E-state index in [1.165, 1.54) is 18.2 Å². The number of hydrogen-bond donors (Lipinski definition) is 4. The number of benzene rings is 1. The minimum atomic E-state index is -0.352. The van der Waals surface area contributed by atoms with Crippen molar-refractivity contribution in [3.63, 3.8) is 0 Å². The zero-order valence-electron chi connectivity index (χ0n) is 9.85. The van der Waals surface area contributed by atoms with Gasteiger partial charge in [0.05, 0.1) is 12.7 Å². The van der Waals surface area contributed by atoms with Gasteiger partial charge in [-0.05, 0) is 12.1 Å². The van der Waals surface area contributed by atoms with E-state index >= 15 is 0 Å². The van der Waals surface area contributed by atoms with E-state index in [9.17, 15) is 15.0 Å². The van der Waals surface area contributed by atoms with Crippen LogP contribution in [0, 0.1) is 0 Å². The fraction of sp³-hybridized carbons (Fsp3) is 0.417. The predicted octanol–water partition coefficient (Wildman–Crippen LogP) is -0.184. The first kappa shape index (κ1) is 12.7. The Bertz CT molecular complexity index is 410. The Balaban J connectivity index is 1.90. The van der Waals surface area contributed by atoms with Crippen LogP contribution < -0.4 is 10.6 Å². The number of ether oxygens (including phenoxy) is 1. The van der Waals surface area contributed by atoms with E-state index in [2.05, 4.69) is 10.6 Å². The van der Waals surface area contributed by atoms with E-state index in [1.54, 1.807) is 0 Å². The van der Waals surface area contributed by atoms with E-state index in [-0.39, 0.29) is 29.1 Å². The first-order valence-corrected chi connectivity index (χ1v) is 5.78. The molecular weight excluding hydrogens is 236 g/mol. The van der Waals surface area contributed by atoms with Gasteiger partial charge < -0.3 is 25.6 Å². The van der Waals surface area contributed by atoms with Crippen LogP contribution in [0.25, 0.3) is 0 Å². The van der Waals surface area contributed by atoms with Crippen LogP contribution >= 0.6 is 0 Å². The molecule has 1 unspecified atom stereocenters. The Labute approximate surface area is 105 Å². The molecule has 0 saturated carbocycles. The van der Waals surface area contributed by atoms with Gasteiger partial charge in [-0.15, -0.1) is 0 Å². The van der Waals surface area contributed by atoms with Crippen molar-refractivity contribution in [1.82, 2.24) is 10.6 Å². The average Bonchev–Trinajstić information content (AvgIpc) is 2.36. The lowest BCUT2D eigenvalue weighted by atomic mass is 10.2. The second-order valence-electron chi connectivity index (χ2n) is 4.15. The third-order valence-electron chi connectivity index (χ3n) is 2.66. The zero-order chi connectivity index (χ0) is 13.0. The van der Waals surface area contributed by atoms with Crippen molar-refractivity contribution in [1.29, 1.82) is 0 Å². The van der Waals surface area contributed by atoms with Gasteiger partial charge in [-0.1, -0.05) is 0 Å². The molecule has 1 saturated heterocycles. The van der Waals surface area contributed by atoms with Crippen molar-refractivity contribution in [2.24, 2.45) is 0 Å². The van der Waals surface area contributed by atoms with E-state index < -0.39 is 0 Å². The van der Waals surface area contributed by atoms with Gasteiger partial charge in [-0.25, -0.2) is 0 Å². The molecule has 0 aliphatic carbocycles. The number of phenols is 2. The Morgan fingerprint density at radius 1 is 1.39 bits per heavy atom. The zero-order valence-corrected chi connectivity index (χ0v) is 9.85. The summed E-state index contributed by atoms with van der Waals surface area (Å²) in [7, 11) is 0. The highest BCUT2D eigenvalue weighted by Crippen LogP contribution is 2.20. The maximum Gasteiger partial charge on any atom is 0.251 e. The van der Waals surface area contributed by atoms with Crippen LogP contribution in [0.2, 0.25) is 0 Å². The minimum Gasteiger partial charge on any atom is -0.508 e. The largest absolute Gasteiger partial charge is 0.508 e. The quantitative estimate of drug-likeness (QED) is 0.599. The van der Waals surface area contributed by atoms with Crippen LogP contribution in [0.3, 0.4) is 0 Å². The smallest absolute Gasteiger partial charge is 0.251 e. The molecule has 1 aliphatic rings. The Hall–Kier alpha value is -1.79. The summed E-state index contributed by atoms with van der Waals surface area (Å²) in [5, 5.41) is 24.4. The molecule has 1 amide bonds. The van der Waals surface area contributed by atoms with E-state index in [4.69, 9.17) is 4.74 Å². The molecule has 1 atom stereocenters. The first-order valence-electron chi connectivity index (χ1n) is 5.78. The number of amides is 1. The summed E-state index contributed by atoms with van der Waals surface area (Å²) >= 11 is 0. The van der Waals surface area contributed by atoms with E-state index in [0.717, 1.165) is 6.54 Å². The molecule has 2 rings (SSSR count). The first-order chi connectivity index (χ1) is 8.65. The molecule has 4 N–H and O–H groups in total. The lowest BCUT2D eigenvalue weighted by Gasteiger charge is -2.23. The summed E-state index contributed by atoms with van der Waals surface area (Å²) in [4.78, 5) is 11.8. The summed E-state index contributed by atoms with van der Waals surface area (Å²) in [5.74, 6) is -0.637. The number of carbonyl (C=O) groups is 1. The Kier molecular flexibility index (Phi) is 4.01. The Morgan fingerprint density at radius 2 is 2.11 bits per heavy atom. The molecule has 1 fully saturated rings. The van der Waals surface area contributed by atoms with Crippen LogP contribution in [0.15, 0.2) is 18.2 Å². The monoisotopic (exact) mass is 252 g/mol. The molecule has 1 aromatic rings. The third kappa shape index (κ3) is 3.35. The topological polar surface area (TPSA) is 90.8 Å². The molecule has 1 aliphatic heterocycles. The summed E-state index contributed by atoms with van der Waals surface area (Å²) in [6.45, 7) is 2.55. The second-order valence-corrected chi connectivity index (χ2v) is 4.15. The Morgan fingerprint density at radius 3 is 2.72 bits per heavy atom. The normalized spacial score (nSPS) is 19.4. The van der Waals surface area contributed by atoms with Crippen LogP contribution in [-0.4, -0.2) is 48.5 Å². The molecule has 0 radical (unpaired) electrons. The van der Waals surface area contributed by atoms with Crippen molar-refractivity contribution in [3.8, 4) is 11.5 Å². The number of aromatic hydroxyl groups is 2. The second kappa shape index (κ2) is 5.70. The van der Waals surface area contributed by atoms with Gasteiger partial charge in [0.2, 0.25) is 0 Å². The highest BCUT2D eigenvalue weighted by molar-refractivity contribution is 5.95. The van der Waals surface area contributed by atoms with Crippen LogP contribution in [-0.2, 0) is 4.74 Å². The molecule has 18 heavy (non-hydrogen) atoms. The van der Waals surface area contributed by atoms with Gasteiger partial charge in [-0.2, -0.15) is 0 Å².